The molecule has 6 nitrogen and oxygen atoms in total. The molecule has 0 saturated carbocycles. The number of esters is 1. The summed E-state index contributed by atoms with van der Waals surface area (Å²) in [5.74, 6) is -1.22. The van der Waals surface area contributed by atoms with E-state index in [1.165, 1.54) is 24.3 Å². The van der Waals surface area contributed by atoms with Crippen LogP contribution >= 0.6 is 0 Å². The molecule has 1 saturated heterocycles. The fourth-order valence-electron chi connectivity index (χ4n) is 3.87. The summed E-state index contributed by atoms with van der Waals surface area (Å²) >= 11 is 0. The fraction of sp³-hybridized carbons (Fsp3) is 0.417. The van der Waals surface area contributed by atoms with Gasteiger partial charge in [0, 0.05) is 26.2 Å². The molecule has 2 atom stereocenters. The van der Waals surface area contributed by atoms with Crippen molar-refractivity contribution in [3.05, 3.63) is 71.5 Å². The Kier molecular flexibility index (Phi) is 8.14. The third-order valence-electron chi connectivity index (χ3n) is 5.45. The molecule has 0 radical (unpaired) electrons. The zero-order valence-corrected chi connectivity index (χ0v) is 17.7. The van der Waals surface area contributed by atoms with Gasteiger partial charge in [-0.2, -0.15) is 0 Å². The van der Waals surface area contributed by atoms with Crippen molar-refractivity contribution in [3.8, 4) is 0 Å². The predicted molar refractivity (Wildman–Crippen MR) is 114 cm³/mol. The van der Waals surface area contributed by atoms with Crippen LogP contribution in [0.3, 0.4) is 0 Å². The molecule has 1 aliphatic rings. The molecule has 0 spiro atoms. The van der Waals surface area contributed by atoms with E-state index in [-0.39, 0.29) is 19.1 Å². The van der Waals surface area contributed by atoms with Gasteiger partial charge in [-0.05, 0) is 43.0 Å². The predicted octanol–water partition coefficient (Wildman–Crippen LogP) is 2.92. The highest BCUT2D eigenvalue weighted by Crippen LogP contribution is 2.26. The van der Waals surface area contributed by atoms with Crippen molar-refractivity contribution in [1.82, 2.24) is 9.80 Å². The minimum Gasteiger partial charge on any atom is -0.451 e. The summed E-state index contributed by atoms with van der Waals surface area (Å²) in [5.41, 5.74) is 1.49. The first-order chi connectivity index (χ1) is 15.0. The Morgan fingerprint density at radius 1 is 1.10 bits per heavy atom. The van der Waals surface area contributed by atoms with Crippen LogP contribution in [0.5, 0.6) is 0 Å². The maximum atomic E-state index is 13.5. The number of rotatable bonds is 9. The first kappa shape index (κ1) is 22.9. The average Bonchev–Trinajstić information content (AvgIpc) is 3.30. The molecule has 1 amide bonds. The number of benzene rings is 2. The van der Waals surface area contributed by atoms with E-state index in [1.807, 2.05) is 30.3 Å². The number of amides is 1. The van der Waals surface area contributed by atoms with E-state index in [0.717, 1.165) is 18.4 Å². The quantitative estimate of drug-likeness (QED) is 0.622. The summed E-state index contributed by atoms with van der Waals surface area (Å²) in [6.45, 7) is 3.35. The monoisotopic (exact) mass is 428 g/mol. The van der Waals surface area contributed by atoms with E-state index in [2.05, 4.69) is 0 Å². The molecule has 1 heterocycles. The molecule has 0 aromatic heterocycles. The lowest BCUT2D eigenvalue weighted by Crippen LogP contribution is -2.42. The van der Waals surface area contributed by atoms with Gasteiger partial charge in [0.2, 0.25) is 0 Å². The average molecular weight is 429 g/mol. The van der Waals surface area contributed by atoms with Crippen molar-refractivity contribution in [2.75, 3.05) is 26.2 Å². The van der Waals surface area contributed by atoms with Crippen LogP contribution in [0.1, 0.15) is 36.9 Å². The van der Waals surface area contributed by atoms with E-state index in [4.69, 9.17) is 4.74 Å². The maximum Gasteiger partial charge on any atom is 0.328 e. The number of ether oxygens (including phenoxy) is 1. The summed E-state index contributed by atoms with van der Waals surface area (Å²) in [7, 11) is 0. The van der Waals surface area contributed by atoms with Crippen molar-refractivity contribution >= 4 is 11.9 Å². The van der Waals surface area contributed by atoms with Gasteiger partial charge in [-0.1, -0.05) is 42.5 Å². The molecular formula is C24H29FN2O4. The number of aliphatic hydroxyl groups excluding tert-OH is 1. The number of carbonyl (C=O) groups excluding carboxylic acids is 2. The fourth-order valence-corrected chi connectivity index (χ4v) is 3.87. The molecule has 2 aromatic rings. The Hall–Kier alpha value is -2.77. The number of nitrogens with zero attached hydrogens (tertiary/aromatic N) is 2. The van der Waals surface area contributed by atoms with Gasteiger partial charge in [0.05, 0.1) is 6.61 Å². The number of halogens is 1. The molecule has 3 rings (SSSR count). The van der Waals surface area contributed by atoms with Crippen molar-refractivity contribution in [3.63, 3.8) is 0 Å². The molecular weight excluding hydrogens is 399 g/mol. The van der Waals surface area contributed by atoms with Gasteiger partial charge in [-0.25, -0.2) is 9.18 Å². The molecule has 31 heavy (non-hydrogen) atoms. The Labute approximate surface area is 182 Å². The van der Waals surface area contributed by atoms with Gasteiger partial charge in [-0.3, -0.25) is 9.69 Å². The molecule has 0 aliphatic carbocycles. The largest absolute Gasteiger partial charge is 0.451 e. The number of hydrogen-bond donors (Lipinski definition) is 1. The number of hydrogen-bond acceptors (Lipinski definition) is 5. The summed E-state index contributed by atoms with van der Waals surface area (Å²) in [5, 5.41) is 9.64. The van der Waals surface area contributed by atoms with E-state index in [9.17, 15) is 19.1 Å². The summed E-state index contributed by atoms with van der Waals surface area (Å²) in [4.78, 5) is 29.4. The third kappa shape index (κ3) is 6.12. The summed E-state index contributed by atoms with van der Waals surface area (Å²) in [6, 6.07) is 14.3. The van der Waals surface area contributed by atoms with Gasteiger partial charge in [0.1, 0.15) is 11.9 Å². The second-order valence-corrected chi connectivity index (χ2v) is 7.75. The molecule has 1 aliphatic heterocycles. The van der Waals surface area contributed by atoms with Crippen LogP contribution in [0.4, 0.5) is 4.39 Å². The lowest BCUT2D eigenvalue weighted by molar-refractivity contribution is -0.163. The number of carbonyl (C=O) groups is 2. The van der Waals surface area contributed by atoms with Gasteiger partial charge >= 0.3 is 5.97 Å². The van der Waals surface area contributed by atoms with Crippen molar-refractivity contribution in [1.29, 1.82) is 0 Å². The standard InChI is InChI=1S/C24H29FN2O4/c1-18(23(29)26-13-5-6-14-26)31-24(30)22(20-9-11-21(25)12-10-20)27(15-16-28)17-19-7-3-2-4-8-19/h2-4,7-12,18,22,28H,5-6,13-17H2,1H3/t18-,22+/m0/s1. The minimum atomic E-state index is -0.916. The zero-order chi connectivity index (χ0) is 22.2. The summed E-state index contributed by atoms with van der Waals surface area (Å²) in [6.07, 6.45) is 0.985. The van der Waals surface area contributed by atoms with Crippen molar-refractivity contribution in [2.24, 2.45) is 0 Å². The Balaban J connectivity index is 1.84. The van der Waals surface area contributed by atoms with E-state index < -0.39 is 23.9 Å². The van der Waals surface area contributed by atoms with Gasteiger partial charge < -0.3 is 14.7 Å². The zero-order valence-electron chi connectivity index (χ0n) is 17.7. The van der Waals surface area contributed by atoms with E-state index >= 15 is 0 Å². The highest BCUT2D eigenvalue weighted by Gasteiger charge is 2.33. The van der Waals surface area contributed by atoms with Crippen LogP contribution in [0.2, 0.25) is 0 Å². The Morgan fingerprint density at radius 2 is 1.74 bits per heavy atom. The molecule has 1 N–H and O–H groups in total. The van der Waals surface area contributed by atoms with Crippen LogP contribution in [0.15, 0.2) is 54.6 Å². The van der Waals surface area contributed by atoms with Crippen LogP contribution in [0.25, 0.3) is 0 Å². The highest BCUT2D eigenvalue weighted by atomic mass is 19.1. The highest BCUT2D eigenvalue weighted by molar-refractivity contribution is 5.85. The Morgan fingerprint density at radius 3 is 2.35 bits per heavy atom. The molecule has 2 aromatic carbocycles. The summed E-state index contributed by atoms with van der Waals surface area (Å²) < 4.78 is 19.1. The molecule has 0 bridgehead atoms. The van der Waals surface area contributed by atoms with Crippen molar-refractivity contribution in [2.45, 2.75) is 38.5 Å². The Bertz CT molecular complexity index is 854. The number of likely N-dealkylation sites (tertiary alicyclic amines) is 1. The van der Waals surface area contributed by atoms with Gasteiger partial charge in [0.15, 0.2) is 6.10 Å². The van der Waals surface area contributed by atoms with E-state index in [0.29, 0.717) is 25.2 Å². The minimum absolute atomic E-state index is 0.167. The molecule has 0 unspecified atom stereocenters. The second-order valence-electron chi connectivity index (χ2n) is 7.75. The number of aliphatic hydroxyl groups is 1. The first-order valence-electron chi connectivity index (χ1n) is 10.6. The lowest BCUT2D eigenvalue weighted by atomic mass is 10.0. The van der Waals surface area contributed by atoms with Crippen LogP contribution < -0.4 is 0 Å². The smallest absolute Gasteiger partial charge is 0.328 e. The van der Waals surface area contributed by atoms with Crippen LogP contribution in [-0.2, 0) is 20.9 Å². The second kappa shape index (κ2) is 11.0. The maximum absolute atomic E-state index is 13.5. The SMILES string of the molecule is C[C@H](OC(=O)[C@@H](c1ccc(F)cc1)N(CCO)Cc1ccccc1)C(=O)N1CCCC1. The van der Waals surface area contributed by atoms with Gasteiger partial charge in [0.25, 0.3) is 5.91 Å². The topological polar surface area (TPSA) is 70.1 Å². The molecule has 1 fully saturated rings. The molecule has 166 valence electrons. The van der Waals surface area contributed by atoms with E-state index in [1.54, 1.807) is 16.7 Å². The van der Waals surface area contributed by atoms with Gasteiger partial charge in [-0.15, -0.1) is 0 Å². The van der Waals surface area contributed by atoms with Crippen LogP contribution in [0, 0.1) is 5.82 Å². The van der Waals surface area contributed by atoms with Crippen LogP contribution in [-0.4, -0.2) is 59.1 Å². The lowest BCUT2D eigenvalue weighted by Gasteiger charge is -2.31. The van der Waals surface area contributed by atoms with Crippen molar-refractivity contribution < 1.29 is 23.8 Å². The first-order valence-corrected chi connectivity index (χ1v) is 10.6. The third-order valence-corrected chi connectivity index (χ3v) is 5.45. The normalized spacial score (nSPS) is 15.7. The molecule has 7 heteroatoms.